The molecule has 3 rings (SSSR count). The van der Waals surface area contributed by atoms with Gasteiger partial charge in [0.2, 0.25) is 0 Å². The quantitative estimate of drug-likeness (QED) is 0.832. The van der Waals surface area contributed by atoms with Crippen molar-refractivity contribution in [2.75, 3.05) is 6.61 Å². The van der Waals surface area contributed by atoms with Gasteiger partial charge >= 0.3 is 0 Å². The fourth-order valence-corrected chi connectivity index (χ4v) is 3.53. The number of halogens is 2. The Hall–Kier alpha value is -1.03. The highest BCUT2D eigenvalue weighted by Gasteiger charge is 2.18. The van der Waals surface area contributed by atoms with Crippen molar-refractivity contribution in [1.29, 1.82) is 0 Å². The first kappa shape index (κ1) is 14.9. The van der Waals surface area contributed by atoms with E-state index in [0.29, 0.717) is 0 Å². The molecule has 0 aromatic heterocycles. The molecule has 0 bridgehead atoms. The molecule has 2 aromatic rings. The zero-order chi connectivity index (χ0) is 14.8. The summed E-state index contributed by atoms with van der Waals surface area (Å²) in [5.74, 6) is 1.04. The van der Waals surface area contributed by atoms with Gasteiger partial charge in [0, 0.05) is 34.1 Å². The van der Waals surface area contributed by atoms with E-state index in [4.69, 9.17) is 16.3 Å². The lowest BCUT2D eigenvalue weighted by Crippen LogP contribution is -2.18. The molecular formula is C17H17BrClNO. The van der Waals surface area contributed by atoms with Gasteiger partial charge in [-0.1, -0.05) is 45.7 Å². The number of fused-ring (bicyclic) bond motifs is 1. The maximum Gasteiger partial charge on any atom is 0.127 e. The second-order valence-corrected chi connectivity index (χ2v) is 6.60. The van der Waals surface area contributed by atoms with Crippen LogP contribution < -0.4 is 10.1 Å². The van der Waals surface area contributed by atoms with Crippen molar-refractivity contribution < 1.29 is 4.74 Å². The van der Waals surface area contributed by atoms with Crippen LogP contribution >= 0.6 is 27.5 Å². The first-order valence-corrected chi connectivity index (χ1v) is 8.24. The molecule has 4 heteroatoms. The first-order valence-electron chi connectivity index (χ1n) is 7.07. The van der Waals surface area contributed by atoms with Crippen molar-refractivity contribution in [3.05, 3.63) is 62.6 Å². The van der Waals surface area contributed by atoms with Crippen LogP contribution in [0.4, 0.5) is 0 Å². The summed E-state index contributed by atoms with van der Waals surface area (Å²) in [7, 11) is 0. The summed E-state index contributed by atoms with van der Waals surface area (Å²) < 4.78 is 6.86. The molecule has 1 atom stereocenters. The third-order valence-corrected chi connectivity index (χ3v) is 4.60. The van der Waals surface area contributed by atoms with Crippen LogP contribution in [0.15, 0.2) is 40.9 Å². The number of ether oxygens (including phenoxy) is 1. The van der Waals surface area contributed by atoms with Gasteiger partial charge in [0.15, 0.2) is 0 Å². The van der Waals surface area contributed by atoms with E-state index < -0.39 is 0 Å². The summed E-state index contributed by atoms with van der Waals surface area (Å²) in [6.07, 6.45) is 0.988. The van der Waals surface area contributed by atoms with Gasteiger partial charge in [-0.15, -0.1) is 0 Å². The predicted molar refractivity (Wildman–Crippen MR) is 90.0 cm³/mol. The Kier molecular flexibility index (Phi) is 4.53. The third-order valence-electron chi connectivity index (χ3n) is 3.80. The number of nitrogens with one attached hydrogen (secondary N) is 1. The SMILES string of the molecule is CC(NCc1cc(Br)cc2c1OCC2)c1ccccc1Cl. The highest BCUT2D eigenvalue weighted by Crippen LogP contribution is 2.33. The molecule has 0 saturated carbocycles. The van der Waals surface area contributed by atoms with E-state index in [9.17, 15) is 0 Å². The second-order valence-electron chi connectivity index (χ2n) is 5.28. The largest absolute Gasteiger partial charge is 0.493 e. The number of benzene rings is 2. The molecule has 1 aliphatic heterocycles. The molecule has 0 radical (unpaired) electrons. The highest BCUT2D eigenvalue weighted by molar-refractivity contribution is 9.10. The Balaban J connectivity index is 1.75. The summed E-state index contributed by atoms with van der Waals surface area (Å²) >= 11 is 9.82. The molecule has 0 spiro atoms. The van der Waals surface area contributed by atoms with Gasteiger partial charge in [-0.05, 0) is 36.2 Å². The zero-order valence-corrected chi connectivity index (χ0v) is 14.2. The van der Waals surface area contributed by atoms with E-state index in [-0.39, 0.29) is 6.04 Å². The smallest absolute Gasteiger partial charge is 0.127 e. The lowest BCUT2D eigenvalue weighted by Gasteiger charge is -2.17. The lowest BCUT2D eigenvalue weighted by molar-refractivity contribution is 0.351. The van der Waals surface area contributed by atoms with Gasteiger partial charge in [-0.25, -0.2) is 0 Å². The molecule has 0 amide bonds. The van der Waals surface area contributed by atoms with Gasteiger partial charge in [0.25, 0.3) is 0 Å². The average Bonchev–Trinajstić information content (AvgIpc) is 2.93. The first-order chi connectivity index (χ1) is 10.1. The Morgan fingerprint density at radius 1 is 1.33 bits per heavy atom. The molecule has 1 N–H and O–H groups in total. The van der Waals surface area contributed by atoms with E-state index in [1.807, 2.05) is 18.2 Å². The van der Waals surface area contributed by atoms with E-state index in [2.05, 4.69) is 46.4 Å². The Bertz CT molecular complexity index is 659. The maximum atomic E-state index is 6.25. The predicted octanol–water partition coefficient (Wildman–Crippen LogP) is 4.89. The molecule has 1 unspecified atom stereocenters. The fraction of sp³-hybridized carbons (Fsp3) is 0.294. The normalized spacial score (nSPS) is 14.6. The number of hydrogen-bond acceptors (Lipinski definition) is 2. The summed E-state index contributed by atoms with van der Waals surface area (Å²) in [4.78, 5) is 0. The summed E-state index contributed by atoms with van der Waals surface area (Å²) in [5.41, 5.74) is 3.59. The third kappa shape index (κ3) is 3.25. The standard InChI is InChI=1S/C17H17BrClNO/c1-11(15-4-2-3-5-16(15)19)20-10-13-9-14(18)8-12-6-7-21-17(12)13/h2-5,8-9,11,20H,6-7,10H2,1H3. The molecule has 2 nitrogen and oxygen atoms in total. The van der Waals surface area contributed by atoms with Crippen LogP contribution in [-0.4, -0.2) is 6.61 Å². The monoisotopic (exact) mass is 365 g/mol. The van der Waals surface area contributed by atoms with Crippen LogP contribution in [0.25, 0.3) is 0 Å². The van der Waals surface area contributed by atoms with Crippen molar-refractivity contribution in [2.45, 2.75) is 25.9 Å². The molecule has 0 fully saturated rings. The van der Waals surface area contributed by atoms with Crippen molar-refractivity contribution in [2.24, 2.45) is 0 Å². The van der Waals surface area contributed by atoms with E-state index in [1.54, 1.807) is 0 Å². The van der Waals surface area contributed by atoms with Crippen LogP contribution in [0.1, 0.15) is 29.7 Å². The minimum absolute atomic E-state index is 0.190. The van der Waals surface area contributed by atoms with Crippen molar-refractivity contribution in [3.63, 3.8) is 0 Å². The highest BCUT2D eigenvalue weighted by atomic mass is 79.9. The van der Waals surface area contributed by atoms with Crippen LogP contribution in [0.2, 0.25) is 5.02 Å². The van der Waals surface area contributed by atoms with Crippen molar-refractivity contribution in [3.8, 4) is 5.75 Å². The summed E-state index contributed by atoms with van der Waals surface area (Å²) in [6.45, 7) is 3.66. The summed E-state index contributed by atoms with van der Waals surface area (Å²) in [5, 5.41) is 4.33. The van der Waals surface area contributed by atoms with E-state index in [0.717, 1.165) is 40.4 Å². The van der Waals surface area contributed by atoms with Crippen LogP contribution in [0, 0.1) is 0 Å². The molecule has 110 valence electrons. The number of rotatable bonds is 4. The van der Waals surface area contributed by atoms with Gasteiger partial charge in [-0.2, -0.15) is 0 Å². The Labute approximate surface area is 138 Å². The fourth-order valence-electron chi connectivity index (χ4n) is 2.68. The Morgan fingerprint density at radius 2 is 2.14 bits per heavy atom. The molecule has 2 aromatic carbocycles. The lowest BCUT2D eigenvalue weighted by atomic mass is 10.1. The Morgan fingerprint density at radius 3 is 2.95 bits per heavy atom. The van der Waals surface area contributed by atoms with Crippen molar-refractivity contribution in [1.82, 2.24) is 5.32 Å². The molecule has 1 aliphatic rings. The van der Waals surface area contributed by atoms with Crippen LogP contribution in [0.5, 0.6) is 5.75 Å². The zero-order valence-electron chi connectivity index (χ0n) is 11.8. The van der Waals surface area contributed by atoms with E-state index >= 15 is 0 Å². The van der Waals surface area contributed by atoms with Gasteiger partial charge in [-0.3, -0.25) is 0 Å². The average molecular weight is 367 g/mol. The minimum atomic E-state index is 0.190. The molecular weight excluding hydrogens is 350 g/mol. The van der Waals surface area contributed by atoms with Gasteiger partial charge < -0.3 is 10.1 Å². The van der Waals surface area contributed by atoms with Crippen molar-refractivity contribution >= 4 is 27.5 Å². The molecule has 1 heterocycles. The molecule has 0 aliphatic carbocycles. The topological polar surface area (TPSA) is 21.3 Å². The summed E-state index contributed by atoms with van der Waals surface area (Å²) in [6, 6.07) is 12.4. The maximum absolute atomic E-state index is 6.25. The molecule has 0 saturated heterocycles. The van der Waals surface area contributed by atoms with Gasteiger partial charge in [0.1, 0.15) is 5.75 Å². The minimum Gasteiger partial charge on any atom is -0.493 e. The van der Waals surface area contributed by atoms with Crippen LogP contribution in [-0.2, 0) is 13.0 Å². The van der Waals surface area contributed by atoms with Crippen LogP contribution in [0.3, 0.4) is 0 Å². The van der Waals surface area contributed by atoms with Gasteiger partial charge in [0.05, 0.1) is 6.61 Å². The molecule has 21 heavy (non-hydrogen) atoms. The second kappa shape index (κ2) is 6.39. The van der Waals surface area contributed by atoms with E-state index in [1.165, 1.54) is 11.1 Å². The number of hydrogen-bond donors (Lipinski definition) is 1.